The molecule has 3 rings (SSSR count). The van der Waals surface area contributed by atoms with E-state index in [0.717, 1.165) is 25.3 Å². The molecule has 0 radical (unpaired) electrons. The van der Waals surface area contributed by atoms with Crippen LogP contribution in [0.1, 0.15) is 31.7 Å². The van der Waals surface area contributed by atoms with Crippen molar-refractivity contribution < 1.29 is 4.74 Å². The van der Waals surface area contributed by atoms with Crippen LogP contribution < -0.4 is 4.74 Å². The molecule has 0 amide bonds. The van der Waals surface area contributed by atoms with E-state index < -0.39 is 0 Å². The highest BCUT2D eigenvalue weighted by Gasteiger charge is 2.38. The van der Waals surface area contributed by atoms with E-state index in [1.165, 1.54) is 18.4 Å². The molecule has 0 saturated carbocycles. The summed E-state index contributed by atoms with van der Waals surface area (Å²) in [5.41, 5.74) is 0.987. The number of rotatable bonds is 2. The van der Waals surface area contributed by atoms with E-state index in [4.69, 9.17) is 4.74 Å². The summed E-state index contributed by atoms with van der Waals surface area (Å²) >= 11 is 0. The van der Waals surface area contributed by atoms with E-state index in [0.29, 0.717) is 0 Å². The van der Waals surface area contributed by atoms with Crippen LogP contribution in [0.2, 0.25) is 0 Å². The number of likely N-dealkylation sites (tertiary alicyclic amines) is 1. The van der Waals surface area contributed by atoms with Crippen LogP contribution in [0.4, 0.5) is 0 Å². The largest absolute Gasteiger partial charge is 0.468 e. The van der Waals surface area contributed by atoms with Crippen LogP contribution in [0, 0.1) is 0 Å². The molecule has 17 heavy (non-hydrogen) atoms. The Bertz CT molecular complexity index is 434. The molecule has 2 heterocycles. The standard InChI is InChI=1S/C15H19NO/c1-2-15(16-11-5-6-12-16)10-9-13-7-3-4-8-14(13)17-15/h3-4,7-10H,2,5-6,11-12H2,1H3. The SMILES string of the molecule is CCC1(N2CCCC2)C=Cc2ccccc2O1. The van der Waals surface area contributed by atoms with Gasteiger partial charge in [0.2, 0.25) is 0 Å². The smallest absolute Gasteiger partial charge is 0.182 e. The highest BCUT2D eigenvalue weighted by molar-refractivity contribution is 5.60. The molecular weight excluding hydrogens is 210 g/mol. The molecule has 1 aromatic rings. The van der Waals surface area contributed by atoms with Gasteiger partial charge in [-0.3, -0.25) is 4.90 Å². The quantitative estimate of drug-likeness (QED) is 0.771. The van der Waals surface area contributed by atoms with E-state index >= 15 is 0 Å². The molecule has 1 atom stereocenters. The first-order valence-corrected chi connectivity index (χ1v) is 6.56. The molecule has 1 aromatic carbocycles. The number of nitrogens with zero attached hydrogens (tertiary/aromatic N) is 1. The normalized spacial score (nSPS) is 27.8. The zero-order chi connectivity index (χ0) is 11.7. The number of hydrogen-bond donors (Lipinski definition) is 0. The first-order valence-electron chi connectivity index (χ1n) is 6.56. The molecule has 0 spiro atoms. The lowest BCUT2D eigenvalue weighted by Crippen LogP contribution is -2.50. The Balaban J connectivity index is 1.94. The van der Waals surface area contributed by atoms with E-state index in [1.807, 2.05) is 6.07 Å². The monoisotopic (exact) mass is 229 g/mol. The number of para-hydroxylation sites is 1. The maximum Gasteiger partial charge on any atom is 0.182 e. The van der Waals surface area contributed by atoms with Crippen molar-refractivity contribution in [3.8, 4) is 5.75 Å². The fourth-order valence-electron chi connectivity index (χ4n) is 2.83. The first-order chi connectivity index (χ1) is 8.34. The average Bonchev–Trinajstić information content (AvgIpc) is 2.92. The summed E-state index contributed by atoms with van der Waals surface area (Å²) in [6.45, 7) is 4.51. The Morgan fingerprint density at radius 1 is 1.24 bits per heavy atom. The molecular formula is C15H19NO. The number of benzene rings is 1. The molecule has 90 valence electrons. The second-order valence-electron chi connectivity index (χ2n) is 4.87. The molecule has 1 saturated heterocycles. The summed E-state index contributed by atoms with van der Waals surface area (Å²) < 4.78 is 6.29. The summed E-state index contributed by atoms with van der Waals surface area (Å²) in [7, 11) is 0. The molecule has 0 bridgehead atoms. The summed E-state index contributed by atoms with van der Waals surface area (Å²) in [6.07, 6.45) is 8.03. The van der Waals surface area contributed by atoms with Gasteiger partial charge in [0.25, 0.3) is 0 Å². The minimum atomic E-state index is -0.204. The van der Waals surface area contributed by atoms with Crippen molar-refractivity contribution in [3.05, 3.63) is 35.9 Å². The van der Waals surface area contributed by atoms with Gasteiger partial charge in [-0.05, 0) is 31.1 Å². The van der Waals surface area contributed by atoms with Gasteiger partial charge in [-0.1, -0.05) is 25.1 Å². The third kappa shape index (κ3) is 1.77. The first kappa shape index (κ1) is 10.8. The lowest BCUT2D eigenvalue weighted by atomic mass is 10.0. The Kier molecular flexibility index (Phi) is 2.67. The van der Waals surface area contributed by atoms with Gasteiger partial charge < -0.3 is 4.74 Å². The minimum Gasteiger partial charge on any atom is -0.468 e. The second-order valence-corrected chi connectivity index (χ2v) is 4.87. The van der Waals surface area contributed by atoms with Crippen molar-refractivity contribution in [3.63, 3.8) is 0 Å². The molecule has 2 heteroatoms. The van der Waals surface area contributed by atoms with E-state index in [-0.39, 0.29) is 5.72 Å². The molecule has 1 unspecified atom stereocenters. The predicted molar refractivity (Wildman–Crippen MR) is 69.9 cm³/mol. The third-order valence-corrected chi connectivity index (χ3v) is 3.88. The van der Waals surface area contributed by atoms with Gasteiger partial charge in [0, 0.05) is 25.1 Å². The third-order valence-electron chi connectivity index (χ3n) is 3.88. The van der Waals surface area contributed by atoms with Crippen LogP contribution in [-0.2, 0) is 0 Å². The van der Waals surface area contributed by atoms with Gasteiger partial charge in [0.1, 0.15) is 5.75 Å². The van der Waals surface area contributed by atoms with Crippen molar-refractivity contribution in [1.82, 2.24) is 4.90 Å². The van der Waals surface area contributed by atoms with Gasteiger partial charge >= 0.3 is 0 Å². The molecule has 1 fully saturated rings. The van der Waals surface area contributed by atoms with Crippen molar-refractivity contribution >= 4 is 6.08 Å². The van der Waals surface area contributed by atoms with Gasteiger partial charge in [-0.25, -0.2) is 0 Å². The maximum atomic E-state index is 6.29. The topological polar surface area (TPSA) is 12.5 Å². The van der Waals surface area contributed by atoms with E-state index in [2.05, 4.69) is 42.2 Å². The number of hydrogen-bond acceptors (Lipinski definition) is 2. The zero-order valence-electron chi connectivity index (χ0n) is 10.4. The average molecular weight is 229 g/mol. The summed E-state index contributed by atoms with van der Waals surface area (Å²) in [5, 5.41) is 0. The molecule has 0 N–H and O–H groups in total. The Hall–Kier alpha value is -1.28. The van der Waals surface area contributed by atoms with Crippen molar-refractivity contribution in [2.75, 3.05) is 13.1 Å². The van der Waals surface area contributed by atoms with Crippen molar-refractivity contribution in [2.24, 2.45) is 0 Å². The van der Waals surface area contributed by atoms with Gasteiger partial charge in [0.05, 0.1) is 0 Å². The van der Waals surface area contributed by atoms with Gasteiger partial charge in [-0.2, -0.15) is 0 Å². The van der Waals surface area contributed by atoms with Crippen LogP contribution in [0.3, 0.4) is 0 Å². The fraction of sp³-hybridized carbons (Fsp3) is 0.467. The van der Waals surface area contributed by atoms with E-state index in [1.54, 1.807) is 0 Å². The second kappa shape index (κ2) is 4.19. The number of fused-ring (bicyclic) bond motifs is 1. The maximum absolute atomic E-state index is 6.29. The van der Waals surface area contributed by atoms with Gasteiger partial charge in [0.15, 0.2) is 5.72 Å². The Morgan fingerprint density at radius 3 is 2.76 bits per heavy atom. The van der Waals surface area contributed by atoms with E-state index in [9.17, 15) is 0 Å². The van der Waals surface area contributed by atoms with Crippen LogP contribution in [-0.4, -0.2) is 23.7 Å². The van der Waals surface area contributed by atoms with Crippen LogP contribution in [0.5, 0.6) is 5.75 Å². The van der Waals surface area contributed by atoms with Crippen molar-refractivity contribution in [1.29, 1.82) is 0 Å². The molecule has 0 aliphatic carbocycles. The highest BCUT2D eigenvalue weighted by Crippen LogP contribution is 2.36. The lowest BCUT2D eigenvalue weighted by Gasteiger charge is -2.41. The summed E-state index contributed by atoms with van der Waals surface area (Å²) in [5.74, 6) is 1.02. The lowest BCUT2D eigenvalue weighted by molar-refractivity contribution is -0.0357. The molecule has 2 nitrogen and oxygen atoms in total. The molecule has 0 aromatic heterocycles. The number of ether oxygens (including phenoxy) is 1. The summed E-state index contributed by atoms with van der Waals surface area (Å²) in [4.78, 5) is 2.47. The Morgan fingerprint density at radius 2 is 2.00 bits per heavy atom. The van der Waals surface area contributed by atoms with Crippen molar-refractivity contribution in [2.45, 2.75) is 31.9 Å². The van der Waals surface area contributed by atoms with Crippen LogP contribution in [0.25, 0.3) is 6.08 Å². The molecule has 2 aliphatic rings. The summed E-state index contributed by atoms with van der Waals surface area (Å²) in [6, 6.07) is 8.28. The zero-order valence-corrected chi connectivity index (χ0v) is 10.4. The highest BCUT2D eigenvalue weighted by atomic mass is 16.5. The van der Waals surface area contributed by atoms with Crippen LogP contribution >= 0.6 is 0 Å². The fourth-order valence-corrected chi connectivity index (χ4v) is 2.83. The van der Waals surface area contributed by atoms with Gasteiger partial charge in [-0.15, -0.1) is 0 Å². The predicted octanol–water partition coefficient (Wildman–Crippen LogP) is 3.29. The molecule has 2 aliphatic heterocycles. The minimum absolute atomic E-state index is 0.204. The Labute approximate surface area is 103 Å². The van der Waals surface area contributed by atoms with Crippen LogP contribution in [0.15, 0.2) is 30.3 Å².